The van der Waals surface area contributed by atoms with Crippen LogP contribution in [-0.2, 0) is 30.3 Å². The van der Waals surface area contributed by atoms with Gasteiger partial charge in [-0.25, -0.2) is 9.59 Å². The average molecular weight is 495 g/mol. The largest absolute Gasteiger partial charge is 0.467 e. The summed E-state index contributed by atoms with van der Waals surface area (Å²) in [4.78, 5) is 26.3. The van der Waals surface area contributed by atoms with Gasteiger partial charge >= 0.3 is 11.9 Å². The minimum Gasteiger partial charge on any atom is -0.467 e. The molecular weight excluding hydrogens is 468 g/mol. The lowest BCUT2D eigenvalue weighted by Crippen LogP contribution is -2.61. The van der Waals surface area contributed by atoms with E-state index in [9.17, 15) is 14.7 Å². The Morgan fingerprint density at radius 1 is 0.886 bits per heavy atom. The third kappa shape index (κ3) is 6.29. The van der Waals surface area contributed by atoms with E-state index in [4.69, 9.17) is 18.9 Å². The number of ether oxygens (including phenoxy) is 4. The topological polar surface area (TPSA) is 91.3 Å². The predicted octanol–water partition coefficient (Wildman–Crippen LogP) is 3.85. The molecule has 1 aliphatic rings. The first kappa shape index (κ1) is 24.9. The fourth-order valence-corrected chi connectivity index (χ4v) is 4.81. The standard InChI is InChI=1S/C27H26O7S/c1-31-26(30)23-21(28)22(32-17-18-11-5-2-6-12-18)24(33-25(29)19-13-7-3-8-14-19)27(34-23)35-20-15-9-4-10-16-20/h2-16,21-24,27-28H,17H2,1H3/t21-,22+,23?,24?,27?/m1/s1. The second kappa shape index (κ2) is 12.0. The smallest absolute Gasteiger partial charge is 0.338 e. The third-order valence-corrected chi connectivity index (χ3v) is 6.64. The van der Waals surface area contributed by atoms with Crippen molar-refractivity contribution >= 4 is 23.7 Å². The Bertz CT molecular complexity index is 1090. The van der Waals surface area contributed by atoms with Crippen molar-refractivity contribution in [3.05, 3.63) is 102 Å². The zero-order valence-electron chi connectivity index (χ0n) is 19.1. The SMILES string of the molecule is COC(=O)C1OC(Sc2ccccc2)C(OC(=O)c2ccccc2)[C@@H](OCc2ccccc2)[C@H]1O. The van der Waals surface area contributed by atoms with Crippen molar-refractivity contribution in [1.29, 1.82) is 0 Å². The maximum absolute atomic E-state index is 13.0. The van der Waals surface area contributed by atoms with E-state index in [2.05, 4.69) is 0 Å². The third-order valence-electron chi connectivity index (χ3n) is 5.49. The normalized spacial score (nSPS) is 23.9. The maximum atomic E-state index is 13.0. The van der Waals surface area contributed by atoms with E-state index < -0.39 is 41.8 Å². The van der Waals surface area contributed by atoms with Crippen molar-refractivity contribution in [2.45, 2.75) is 41.4 Å². The Hall–Kier alpha value is -3.17. The predicted molar refractivity (Wildman–Crippen MR) is 130 cm³/mol. The van der Waals surface area contributed by atoms with Gasteiger partial charge < -0.3 is 24.1 Å². The molecular formula is C27H26O7S. The van der Waals surface area contributed by atoms with Gasteiger partial charge in [-0.15, -0.1) is 0 Å². The first-order chi connectivity index (χ1) is 17.1. The Morgan fingerprint density at radius 3 is 2.11 bits per heavy atom. The fraction of sp³-hybridized carbons (Fsp3) is 0.259. The molecule has 1 heterocycles. The van der Waals surface area contributed by atoms with Gasteiger partial charge in [-0.2, -0.15) is 0 Å². The number of thioether (sulfide) groups is 1. The van der Waals surface area contributed by atoms with Crippen LogP contribution in [-0.4, -0.2) is 54.0 Å². The number of hydrogen-bond acceptors (Lipinski definition) is 8. The summed E-state index contributed by atoms with van der Waals surface area (Å²) in [5, 5.41) is 11.1. The van der Waals surface area contributed by atoms with E-state index in [1.54, 1.807) is 30.3 Å². The molecule has 3 aromatic rings. The number of carbonyl (C=O) groups is 2. The molecule has 8 heteroatoms. The van der Waals surface area contributed by atoms with Gasteiger partial charge in [0.1, 0.15) is 17.6 Å². The van der Waals surface area contributed by atoms with E-state index in [-0.39, 0.29) is 6.61 Å². The van der Waals surface area contributed by atoms with E-state index in [1.807, 2.05) is 60.7 Å². The maximum Gasteiger partial charge on any atom is 0.338 e. The minimum atomic E-state index is -1.42. The Kier molecular flexibility index (Phi) is 8.54. The quantitative estimate of drug-likeness (QED) is 0.473. The monoisotopic (exact) mass is 494 g/mol. The molecule has 3 aromatic carbocycles. The van der Waals surface area contributed by atoms with Crippen LogP contribution in [0.3, 0.4) is 0 Å². The van der Waals surface area contributed by atoms with Gasteiger partial charge in [-0.1, -0.05) is 78.5 Å². The lowest BCUT2D eigenvalue weighted by atomic mass is 9.99. The van der Waals surface area contributed by atoms with E-state index >= 15 is 0 Å². The van der Waals surface area contributed by atoms with E-state index in [1.165, 1.54) is 18.9 Å². The molecule has 0 bridgehead atoms. The molecule has 0 spiro atoms. The first-order valence-corrected chi connectivity index (χ1v) is 12.0. The summed E-state index contributed by atoms with van der Waals surface area (Å²) in [7, 11) is 1.22. The molecule has 1 N–H and O–H groups in total. The molecule has 7 nitrogen and oxygen atoms in total. The molecule has 35 heavy (non-hydrogen) atoms. The summed E-state index contributed by atoms with van der Waals surface area (Å²) in [6, 6.07) is 27.3. The molecule has 1 fully saturated rings. The number of esters is 2. The minimum absolute atomic E-state index is 0.137. The van der Waals surface area contributed by atoms with Crippen molar-refractivity contribution in [3.8, 4) is 0 Å². The number of aliphatic hydroxyl groups excluding tert-OH is 1. The van der Waals surface area contributed by atoms with Crippen LogP contribution in [0.2, 0.25) is 0 Å². The summed E-state index contributed by atoms with van der Waals surface area (Å²) in [6.07, 6.45) is -4.81. The van der Waals surface area contributed by atoms with Gasteiger partial charge in [0.2, 0.25) is 0 Å². The second-order valence-corrected chi connectivity index (χ2v) is 9.04. The highest BCUT2D eigenvalue weighted by Gasteiger charge is 2.51. The van der Waals surface area contributed by atoms with Gasteiger partial charge in [0, 0.05) is 4.90 Å². The van der Waals surface area contributed by atoms with Crippen LogP contribution in [0.15, 0.2) is 95.9 Å². The van der Waals surface area contributed by atoms with Crippen LogP contribution >= 0.6 is 11.8 Å². The van der Waals surface area contributed by atoms with E-state index in [0.717, 1.165) is 10.5 Å². The van der Waals surface area contributed by atoms with Crippen molar-refractivity contribution in [2.75, 3.05) is 7.11 Å². The van der Waals surface area contributed by atoms with Crippen molar-refractivity contribution < 1.29 is 33.6 Å². The number of methoxy groups -OCH3 is 1. The van der Waals surface area contributed by atoms with Crippen LogP contribution in [0, 0.1) is 0 Å². The molecule has 0 aromatic heterocycles. The molecule has 5 atom stereocenters. The van der Waals surface area contributed by atoms with Gasteiger partial charge in [0.15, 0.2) is 12.2 Å². The van der Waals surface area contributed by atoms with E-state index in [0.29, 0.717) is 5.56 Å². The van der Waals surface area contributed by atoms with Gasteiger partial charge in [0.25, 0.3) is 0 Å². The molecule has 182 valence electrons. The zero-order valence-corrected chi connectivity index (χ0v) is 19.9. The Morgan fingerprint density at radius 2 is 1.49 bits per heavy atom. The number of hydrogen-bond donors (Lipinski definition) is 1. The van der Waals surface area contributed by atoms with Crippen molar-refractivity contribution in [2.24, 2.45) is 0 Å². The van der Waals surface area contributed by atoms with Gasteiger partial charge in [-0.3, -0.25) is 0 Å². The molecule has 0 saturated carbocycles. The molecule has 4 rings (SSSR count). The molecule has 0 amide bonds. The fourth-order valence-electron chi connectivity index (χ4n) is 3.71. The van der Waals surface area contributed by atoms with Crippen molar-refractivity contribution in [3.63, 3.8) is 0 Å². The summed E-state index contributed by atoms with van der Waals surface area (Å²) in [6.45, 7) is 0.137. The lowest BCUT2D eigenvalue weighted by Gasteiger charge is -2.42. The summed E-state index contributed by atoms with van der Waals surface area (Å²) >= 11 is 1.27. The number of aliphatic hydroxyl groups is 1. The number of carbonyl (C=O) groups excluding carboxylic acids is 2. The molecule has 0 radical (unpaired) electrons. The number of benzene rings is 3. The van der Waals surface area contributed by atoms with Crippen LogP contribution in [0.25, 0.3) is 0 Å². The summed E-state index contributed by atoms with van der Waals surface area (Å²) < 4.78 is 22.8. The lowest BCUT2D eigenvalue weighted by molar-refractivity contribution is -0.224. The highest BCUT2D eigenvalue weighted by atomic mass is 32.2. The zero-order chi connectivity index (χ0) is 24.6. The Labute approximate surface area is 208 Å². The summed E-state index contributed by atoms with van der Waals surface area (Å²) in [5.74, 6) is -1.33. The van der Waals surface area contributed by atoms with Crippen LogP contribution in [0.1, 0.15) is 15.9 Å². The highest BCUT2D eigenvalue weighted by Crippen LogP contribution is 2.37. The summed E-state index contributed by atoms with van der Waals surface area (Å²) in [5.41, 5.74) is 0.363. The second-order valence-electron chi connectivity index (χ2n) is 7.87. The van der Waals surface area contributed by atoms with Crippen LogP contribution < -0.4 is 0 Å². The van der Waals surface area contributed by atoms with Gasteiger partial charge in [-0.05, 0) is 29.8 Å². The molecule has 0 aliphatic carbocycles. The number of rotatable bonds is 8. The van der Waals surface area contributed by atoms with Crippen LogP contribution in [0.4, 0.5) is 0 Å². The molecule has 1 aliphatic heterocycles. The van der Waals surface area contributed by atoms with Crippen LogP contribution in [0.5, 0.6) is 0 Å². The molecule has 1 saturated heterocycles. The Balaban J connectivity index is 1.65. The van der Waals surface area contributed by atoms with Crippen molar-refractivity contribution in [1.82, 2.24) is 0 Å². The highest BCUT2D eigenvalue weighted by molar-refractivity contribution is 7.99. The average Bonchev–Trinajstić information content (AvgIpc) is 2.91. The van der Waals surface area contributed by atoms with Gasteiger partial charge in [0.05, 0.1) is 19.3 Å². The molecule has 3 unspecified atom stereocenters. The first-order valence-electron chi connectivity index (χ1n) is 11.1.